The van der Waals surface area contributed by atoms with Gasteiger partial charge >= 0.3 is 0 Å². The van der Waals surface area contributed by atoms with Crippen LogP contribution in [-0.2, 0) is 10.0 Å². The van der Waals surface area contributed by atoms with E-state index in [1.807, 2.05) is 40.0 Å². The fourth-order valence-electron chi connectivity index (χ4n) is 4.86. The molecule has 2 atom stereocenters. The van der Waals surface area contributed by atoms with Crippen molar-refractivity contribution < 1.29 is 13.2 Å². The molecule has 10 nitrogen and oxygen atoms in total. The van der Waals surface area contributed by atoms with Gasteiger partial charge in [0.2, 0.25) is 10.0 Å². The van der Waals surface area contributed by atoms with Crippen molar-refractivity contribution in [3.63, 3.8) is 0 Å². The van der Waals surface area contributed by atoms with Crippen LogP contribution < -0.4 is 15.4 Å². The number of benzene rings is 1. The molecule has 37 heavy (non-hydrogen) atoms. The van der Waals surface area contributed by atoms with Gasteiger partial charge in [0.1, 0.15) is 5.82 Å². The molecule has 12 heteroatoms. The van der Waals surface area contributed by atoms with Crippen LogP contribution in [0.3, 0.4) is 0 Å². The number of hydrogen-bond donors (Lipinski definition) is 2. The number of aromatic nitrogens is 3. The summed E-state index contributed by atoms with van der Waals surface area (Å²) in [4.78, 5) is 22.6. The first-order valence-electron chi connectivity index (χ1n) is 12.3. The third-order valence-electron chi connectivity index (χ3n) is 6.55. The number of halogens is 1. The van der Waals surface area contributed by atoms with Crippen LogP contribution in [0, 0.1) is 13.8 Å². The van der Waals surface area contributed by atoms with Gasteiger partial charge in [-0.1, -0.05) is 18.6 Å². The van der Waals surface area contributed by atoms with Crippen LogP contribution in [-0.4, -0.2) is 65.8 Å². The number of amides is 1. The average molecular weight is 550 g/mol. The maximum absolute atomic E-state index is 13.8. The molecule has 202 valence electrons. The van der Waals surface area contributed by atoms with Gasteiger partial charge in [-0.15, -0.1) is 12.4 Å². The Labute approximate surface area is 224 Å². The quantitative estimate of drug-likeness (QED) is 0.441. The SMILES string of the molecule is CC[C@@H](c1cc2nc(N3CC[C@H](N)C3)c(C)cn2n1)N(CC)C(=O)c1cc(C)ccc1NS(C)(=O)=O.Cl. The predicted octanol–water partition coefficient (Wildman–Crippen LogP) is 3.29. The zero-order valence-corrected chi connectivity index (χ0v) is 23.6. The molecular weight excluding hydrogens is 514 g/mol. The zero-order valence-electron chi connectivity index (χ0n) is 21.9. The van der Waals surface area contributed by atoms with Crippen molar-refractivity contribution >= 4 is 45.5 Å². The van der Waals surface area contributed by atoms with E-state index >= 15 is 0 Å². The maximum atomic E-state index is 13.8. The van der Waals surface area contributed by atoms with E-state index < -0.39 is 10.0 Å². The van der Waals surface area contributed by atoms with Crippen molar-refractivity contribution in [3.8, 4) is 0 Å². The lowest BCUT2D eigenvalue weighted by molar-refractivity contribution is 0.0679. The molecule has 0 spiro atoms. The molecule has 0 bridgehead atoms. The van der Waals surface area contributed by atoms with E-state index in [-0.39, 0.29) is 36.1 Å². The van der Waals surface area contributed by atoms with Crippen LogP contribution >= 0.6 is 12.4 Å². The number of carbonyl (C=O) groups is 1. The summed E-state index contributed by atoms with van der Waals surface area (Å²) in [6, 6.07) is 6.89. The first-order valence-corrected chi connectivity index (χ1v) is 14.2. The van der Waals surface area contributed by atoms with Gasteiger partial charge in [0, 0.05) is 43.5 Å². The van der Waals surface area contributed by atoms with Crippen molar-refractivity contribution in [2.75, 3.05) is 35.5 Å². The van der Waals surface area contributed by atoms with E-state index in [0.29, 0.717) is 24.2 Å². The number of anilines is 2. The zero-order chi connectivity index (χ0) is 26.2. The molecule has 1 amide bonds. The van der Waals surface area contributed by atoms with Crippen LogP contribution in [0.25, 0.3) is 5.65 Å². The highest BCUT2D eigenvalue weighted by atomic mass is 35.5. The van der Waals surface area contributed by atoms with Gasteiger partial charge < -0.3 is 15.5 Å². The molecule has 1 aliphatic rings. The number of nitrogens with zero attached hydrogens (tertiary/aromatic N) is 5. The Morgan fingerprint density at radius 3 is 2.59 bits per heavy atom. The fraction of sp³-hybridized carbons (Fsp3) is 0.480. The summed E-state index contributed by atoms with van der Waals surface area (Å²) >= 11 is 0. The van der Waals surface area contributed by atoms with Gasteiger partial charge in [-0.2, -0.15) is 5.10 Å². The minimum Gasteiger partial charge on any atom is -0.355 e. The van der Waals surface area contributed by atoms with Crippen LogP contribution in [0.2, 0.25) is 0 Å². The lowest BCUT2D eigenvalue weighted by Gasteiger charge is -2.30. The highest BCUT2D eigenvalue weighted by Crippen LogP contribution is 2.30. The predicted molar refractivity (Wildman–Crippen MR) is 149 cm³/mol. The molecule has 3 N–H and O–H groups in total. The maximum Gasteiger partial charge on any atom is 0.256 e. The van der Waals surface area contributed by atoms with Crippen molar-refractivity contribution in [2.45, 2.75) is 52.6 Å². The third-order valence-corrected chi connectivity index (χ3v) is 7.15. The van der Waals surface area contributed by atoms with Crippen molar-refractivity contribution in [3.05, 3.63) is 52.8 Å². The first kappa shape index (κ1) is 28.7. The topological polar surface area (TPSA) is 126 Å². The molecule has 0 aliphatic carbocycles. The van der Waals surface area contributed by atoms with Crippen LogP contribution in [0.4, 0.5) is 11.5 Å². The number of rotatable bonds is 8. The molecule has 1 fully saturated rings. The van der Waals surface area contributed by atoms with Crippen molar-refractivity contribution in [1.29, 1.82) is 0 Å². The van der Waals surface area contributed by atoms with Crippen LogP contribution in [0.1, 0.15) is 59.9 Å². The fourth-order valence-corrected chi connectivity index (χ4v) is 5.43. The van der Waals surface area contributed by atoms with E-state index in [1.165, 1.54) is 0 Å². The van der Waals surface area contributed by atoms with E-state index in [1.54, 1.807) is 27.6 Å². The summed E-state index contributed by atoms with van der Waals surface area (Å²) < 4.78 is 28.1. The van der Waals surface area contributed by atoms with Gasteiger partial charge in [-0.05, 0) is 45.7 Å². The summed E-state index contributed by atoms with van der Waals surface area (Å²) in [5.74, 6) is 0.654. The number of nitrogens with two attached hydrogens (primary N) is 1. The third kappa shape index (κ3) is 6.16. The van der Waals surface area contributed by atoms with E-state index in [4.69, 9.17) is 15.8 Å². The number of hydrogen-bond acceptors (Lipinski definition) is 7. The molecular formula is C25H36ClN7O3S. The van der Waals surface area contributed by atoms with E-state index in [9.17, 15) is 13.2 Å². The number of sulfonamides is 1. The summed E-state index contributed by atoms with van der Waals surface area (Å²) in [6.07, 6.45) is 4.61. The largest absolute Gasteiger partial charge is 0.355 e. The second-order valence-electron chi connectivity index (χ2n) is 9.55. The van der Waals surface area contributed by atoms with Gasteiger partial charge in [0.25, 0.3) is 5.91 Å². The Morgan fingerprint density at radius 2 is 2.00 bits per heavy atom. The molecule has 1 aliphatic heterocycles. The molecule has 0 unspecified atom stereocenters. The molecule has 2 aromatic heterocycles. The lowest BCUT2D eigenvalue weighted by Crippen LogP contribution is -2.35. The van der Waals surface area contributed by atoms with Crippen LogP contribution in [0.15, 0.2) is 30.5 Å². The Bertz CT molecular complexity index is 1390. The van der Waals surface area contributed by atoms with Gasteiger partial charge in [0.15, 0.2) is 5.65 Å². The second-order valence-corrected chi connectivity index (χ2v) is 11.3. The summed E-state index contributed by atoms with van der Waals surface area (Å²) in [6.45, 7) is 9.89. The minimum atomic E-state index is -3.55. The molecule has 1 saturated heterocycles. The number of carbonyl (C=O) groups excluding carboxylic acids is 1. The van der Waals surface area contributed by atoms with Gasteiger partial charge in [-0.3, -0.25) is 9.52 Å². The highest BCUT2D eigenvalue weighted by molar-refractivity contribution is 7.92. The number of fused-ring (bicyclic) bond motifs is 1. The number of nitrogens with one attached hydrogen (secondary N) is 1. The Hall–Kier alpha value is -2.89. The lowest BCUT2D eigenvalue weighted by atomic mass is 10.0. The van der Waals surface area contributed by atoms with E-state index in [2.05, 4.69) is 9.62 Å². The molecule has 0 saturated carbocycles. The summed E-state index contributed by atoms with van der Waals surface area (Å²) in [5.41, 5.74) is 10.0. The Morgan fingerprint density at radius 1 is 1.27 bits per heavy atom. The highest BCUT2D eigenvalue weighted by Gasteiger charge is 2.29. The van der Waals surface area contributed by atoms with Crippen molar-refractivity contribution in [1.82, 2.24) is 19.5 Å². The Kier molecular flexibility index (Phi) is 8.71. The average Bonchev–Trinajstić information content (AvgIpc) is 3.42. The first-order chi connectivity index (χ1) is 17.0. The minimum absolute atomic E-state index is 0. The smallest absolute Gasteiger partial charge is 0.256 e. The standard InChI is InChI=1S/C25H35N7O3S.ClH/c1-6-22(31(7-2)25(33)19-12-16(3)8-9-20(19)29-36(5,34)35)21-13-23-27-24(17(4)14-32(23)28-21)30-11-10-18(26)15-30;/h8-9,12-14,18,22,29H,6-7,10-11,15,26H2,1-5H3;1H/t18-,22-;/m0./s1. The second kappa shape index (κ2) is 11.2. The summed E-state index contributed by atoms with van der Waals surface area (Å²) in [5, 5.41) is 4.78. The Balaban J connectivity index is 0.00000380. The monoisotopic (exact) mass is 549 g/mol. The molecule has 3 heterocycles. The van der Waals surface area contributed by atoms with Gasteiger partial charge in [-0.25, -0.2) is 17.9 Å². The molecule has 0 radical (unpaired) electrons. The normalized spacial score (nSPS) is 16.5. The van der Waals surface area contributed by atoms with Crippen molar-refractivity contribution in [2.24, 2.45) is 5.73 Å². The molecule has 1 aromatic carbocycles. The van der Waals surface area contributed by atoms with E-state index in [0.717, 1.165) is 48.4 Å². The number of aryl methyl sites for hydroxylation is 2. The summed E-state index contributed by atoms with van der Waals surface area (Å²) in [7, 11) is -3.55. The van der Waals surface area contributed by atoms with Gasteiger partial charge in [0.05, 0.1) is 29.2 Å². The molecule has 3 aromatic rings. The van der Waals surface area contributed by atoms with Crippen LogP contribution in [0.5, 0.6) is 0 Å². The molecule has 4 rings (SSSR count).